The number of benzene rings is 1. The highest BCUT2D eigenvalue weighted by Gasteiger charge is 2.22. The van der Waals surface area contributed by atoms with E-state index < -0.39 is 17.8 Å². The Morgan fingerprint density at radius 1 is 1.11 bits per heavy atom. The molecule has 3 aromatic heterocycles. The second-order valence-corrected chi connectivity index (χ2v) is 6.01. The minimum absolute atomic E-state index is 0.233. The summed E-state index contributed by atoms with van der Waals surface area (Å²) in [5, 5.41) is 18.2. The van der Waals surface area contributed by atoms with Gasteiger partial charge in [-0.25, -0.2) is 18.9 Å². The fourth-order valence-electron chi connectivity index (χ4n) is 2.84. The van der Waals surface area contributed by atoms with Crippen molar-refractivity contribution in [3.05, 3.63) is 72.4 Å². The first-order valence-corrected chi connectivity index (χ1v) is 8.21. The number of nitrogens with zero attached hydrogens (tertiary/aromatic N) is 5. The predicted octanol–water partition coefficient (Wildman–Crippen LogP) is 2.90. The van der Waals surface area contributed by atoms with E-state index in [2.05, 4.69) is 20.3 Å². The van der Waals surface area contributed by atoms with Gasteiger partial charge in [0.1, 0.15) is 17.0 Å². The van der Waals surface area contributed by atoms with Crippen LogP contribution in [0.1, 0.15) is 11.6 Å². The Balaban J connectivity index is 1.67. The lowest BCUT2D eigenvalue weighted by Gasteiger charge is -2.11. The number of halogens is 1. The molecular weight excluding hydrogens is 349 g/mol. The van der Waals surface area contributed by atoms with Crippen LogP contribution in [0, 0.1) is 5.82 Å². The summed E-state index contributed by atoms with van der Waals surface area (Å²) < 4.78 is 15.3. The van der Waals surface area contributed by atoms with E-state index in [1.54, 1.807) is 48.8 Å². The van der Waals surface area contributed by atoms with Crippen LogP contribution in [0.25, 0.3) is 22.3 Å². The number of aromatic nitrogens is 5. The SMILES string of the molecule is O=C(O)[C@H](Cc1ccncc1)n1cc(-c2ccc3cccc(F)c3n2)nn1. The number of aliphatic carboxylic acids is 1. The molecule has 27 heavy (non-hydrogen) atoms. The van der Waals surface area contributed by atoms with Gasteiger partial charge < -0.3 is 5.11 Å². The van der Waals surface area contributed by atoms with Crippen LogP contribution in [0.15, 0.2) is 61.1 Å². The van der Waals surface area contributed by atoms with E-state index in [0.717, 1.165) is 5.56 Å². The van der Waals surface area contributed by atoms with E-state index in [0.29, 0.717) is 16.8 Å². The van der Waals surface area contributed by atoms with Crippen molar-refractivity contribution in [3.63, 3.8) is 0 Å². The number of hydrogen-bond acceptors (Lipinski definition) is 5. The van der Waals surface area contributed by atoms with Gasteiger partial charge in [0, 0.05) is 24.2 Å². The molecule has 0 saturated heterocycles. The molecule has 0 amide bonds. The third kappa shape index (κ3) is 3.37. The van der Waals surface area contributed by atoms with E-state index in [9.17, 15) is 14.3 Å². The Labute approximate surface area is 153 Å². The van der Waals surface area contributed by atoms with Crippen molar-refractivity contribution in [1.29, 1.82) is 0 Å². The first-order valence-electron chi connectivity index (χ1n) is 8.21. The van der Waals surface area contributed by atoms with Gasteiger partial charge in [0.2, 0.25) is 0 Å². The highest BCUT2D eigenvalue weighted by molar-refractivity contribution is 5.81. The minimum atomic E-state index is -1.03. The van der Waals surface area contributed by atoms with Gasteiger partial charge in [-0.1, -0.05) is 23.4 Å². The second kappa shape index (κ2) is 6.91. The van der Waals surface area contributed by atoms with E-state index >= 15 is 0 Å². The van der Waals surface area contributed by atoms with Crippen LogP contribution in [-0.2, 0) is 11.2 Å². The van der Waals surface area contributed by atoms with Crippen LogP contribution in [0.5, 0.6) is 0 Å². The quantitative estimate of drug-likeness (QED) is 0.586. The largest absolute Gasteiger partial charge is 0.480 e. The van der Waals surface area contributed by atoms with Crippen LogP contribution in [0.2, 0.25) is 0 Å². The van der Waals surface area contributed by atoms with Gasteiger partial charge in [0.25, 0.3) is 0 Å². The topological polar surface area (TPSA) is 93.8 Å². The minimum Gasteiger partial charge on any atom is -0.480 e. The van der Waals surface area contributed by atoms with E-state index in [-0.39, 0.29) is 11.9 Å². The molecule has 134 valence electrons. The lowest BCUT2D eigenvalue weighted by molar-refractivity contribution is -0.141. The first-order chi connectivity index (χ1) is 13.1. The Hall–Kier alpha value is -3.68. The molecule has 8 heteroatoms. The van der Waals surface area contributed by atoms with E-state index in [1.807, 2.05) is 0 Å². The average Bonchev–Trinajstić information content (AvgIpc) is 3.16. The van der Waals surface area contributed by atoms with Crippen molar-refractivity contribution in [2.75, 3.05) is 0 Å². The molecule has 1 aromatic carbocycles. The lowest BCUT2D eigenvalue weighted by atomic mass is 10.1. The number of rotatable bonds is 5. The Bertz CT molecular complexity index is 1110. The van der Waals surface area contributed by atoms with Crippen LogP contribution in [-0.4, -0.2) is 36.0 Å². The number of pyridine rings is 2. The van der Waals surface area contributed by atoms with Crippen LogP contribution in [0.3, 0.4) is 0 Å². The standard InChI is InChI=1S/C19H14FN5O2/c20-14-3-1-2-13-4-5-15(22-18(13)14)16-11-25(24-23-16)17(19(26)27)10-12-6-8-21-9-7-12/h1-9,11,17H,10H2,(H,26,27)/t17-/m0/s1. The third-order valence-electron chi connectivity index (χ3n) is 4.23. The van der Waals surface area contributed by atoms with Crippen molar-refractivity contribution in [3.8, 4) is 11.4 Å². The molecule has 0 aliphatic carbocycles. The molecular formula is C19H14FN5O2. The zero-order chi connectivity index (χ0) is 18.8. The molecule has 7 nitrogen and oxygen atoms in total. The smallest absolute Gasteiger partial charge is 0.328 e. The average molecular weight is 363 g/mol. The van der Waals surface area contributed by atoms with E-state index in [4.69, 9.17) is 0 Å². The fraction of sp³-hybridized carbons (Fsp3) is 0.105. The van der Waals surface area contributed by atoms with Crippen molar-refractivity contribution >= 4 is 16.9 Å². The number of carboxylic acid groups (broad SMARTS) is 1. The number of para-hydroxylation sites is 1. The molecule has 4 aromatic rings. The Morgan fingerprint density at radius 2 is 1.93 bits per heavy atom. The van der Waals surface area contributed by atoms with Gasteiger partial charge in [0.05, 0.1) is 11.9 Å². The summed E-state index contributed by atoms with van der Waals surface area (Å²) in [5.41, 5.74) is 1.85. The van der Waals surface area contributed by atoms with Crippen LogP contribution < -0.4 is 0 Å². The monoisotopic (exact) mass is 363 g/mol. The number of fused-ring (bicyclic) bond motifs is 1. The predicted molar refractivity (Wildman–Crippen MR) is 95.3 cm³/mol. The highest BCUT2D eigenvalue weighted by Crippen LogP contribution is 2.22. The maximum absolute atomic E-state index is 14.0. The van der Waals surface area contributed by atoms with Crippen molar-refractivity contribution < 1.29 is 14.3 Å². The number of carbonyl (C=O) groups is 1. The maximum atomic E-state index is 14.0. The molecule has 1 N–H and O–H groups in total. The molecule has 4 rings (SSSR count). The zero-order valence-corrected chi connectivity index (χ0v) is 14.0. The Kier molecular flexibility index (Phi) is 4.29. The number of carboxylic acids is 1. The van der Waals surface area contributed by atoms with Gasteiger partial charge in [0.15, 0.2) is 6.04 Å². The molecule has 0 aliphatic heterocycles. The summed E-state index contributed by atoms with van der Waals surface area (Å²) in [6.07, 6.45) is 4.96. The molecule has 0 radical (unpaired) electrons. The summed E-state index contributed by atoms with van der Waals surface area (Å²) in [4.78, 5) is 19.9. The summed E-state index contributed by atoms with van der Waals surface area (Å²) in [6.45, 7) is 0. The number of hydrogen-bond donors (Lipinski definition) is 1. The van der Waals surface area contributed by atoms with Gasteiger partial charge in [-0.15, -0.1) is 5.10 Å². The molecule has 0 aliphatic rings. The van der Waals surface area contributed by atoms with Crippen LogP contribution >= 0.6 is 0 Å². The summed E-state index contributed by atoms with van der Waals surface area (Å²) in [6, 6.07) is 10.7. The van der Waals surface area contributed by atoms with Crippen LogP contribution in [0.4, 0.5) is 4.39 Å². The maximum Gasteiger partial charge on any atom is 0.328 e. The normalized spacial score (nSPS) is 12.2. The third-order valence-corrected chi connectivity index (χ3v) is 4.23. The molecule has 0 spiro atoms. The summed E-state index contributed by atoms with van der Waals surface area (Å²) >= 11 is 0. The van der Waals surface area contributed by atoms with Crippen molar-refractivity contribution in [1.82, 2.24) is 25.0 Å². The summed E-state index contributed by atoms with van der Waals surface area (Å²) in [5.74, 6) is -1.45. The van der Waals surface area contributed by atoms with Gasteiger partial charge >= 0.3 is 5.97 Å². The van der Waals surface area contributed by atoms with Gasteiger partial charge in [-0.05, 0) is 29.8 Å². The zero-order valence-electron chi connectivity index (χ0n) is 14.0. The lowest BCUT2D eigenvalue weighted by Crippen LogP contribution is -2.22. The summed E-state index contributed by atoms with van der Waals surface area (Å²) in [7, 11) is 0. The van der Waals surface area contributed by atoms with Crippen molar-refractivity contribution in [2.45, 2.75) is 12.5 Å². The highest BCUT2D eigenvalue weighted by atomic mass is 19.1. The molecule has 0 unspecified atom stereocenters. The second-order valence-electron chi connectivity index (χ2n) is 6.01. The molecule has 1 atom stereocenters. The molecule has 0 fully saturated rings. The van der Waals surface area contributed by atoms with E-state index in [1.165, 1.54) is 16.9 Å². The fourth-order valence-corrected chi connectivity index (χ4v) is 2.84. The van der Waals surface area contributed by atoms with Gasteiger partial charge in [-0.2, -0.15) is 0 Å². The molecule has 0 bridgehead atoms. The molecule has 3 heterocycles. The Morgan fingerprint density at radius 3 is 2.70 bits per heavy atom. The first kappa shape index (κ1) is 16.8. The van der Waals surface area contributed by atoms with Gasteiger partial charge in [-0.3, -0.25) is 4.98 Å². The van der Waals surface area contributed by atoms with Crippen molar-refractivity contribution in [2.24, 2.45) is 0 Å². The molecule has 0 saturated carbocycles.